The van der Waals surface area contributed by atoms with E-state index in [1.807, 2.05) is 6.07 Å². The monoisotopic (exact) mass is 348 g/mol. The number of fused-ring (bicyclic) bond motifs is 1. The molecule has 0 bridgehead atoms. The molecule has 0 unspecified atom stereocenters. The molecule has 136 valence electrons. The summed E-state index contributed by atoms with van der Waals surface area (Å²) in [6.07, 6.45) is 0.769. The number of benzene rings is 1. The van der Waals surface area contributed by atoms with E-state index in [2.05, 4.69) is 20.9 Å². The van der Waals surface area contributed by atoms with Crippen LogP contribution in [0, 0.1) is 0 Å². The third-order valence-electron chi connectivity index (χ3n) is 3.59. The second-order valence-electron chi connectivity index (χ2n) is 5.74. The van der Waals surface area contributed by atoms with Crippen molar-refractivity contribution in [2.75, 3.05) is 40.9 Å². The van der Waals surface area contributed by atoms with E-state index in [1.54, 1.807) is 38.0 Å². The number of rotatable bonds is 8. The zero-order valence-corrected chi connectivity index (χ0v) is 14.8. The van der Waals surface area contributed by atoms with Gasteiger partial charge < -0.3 is 20.3 Å². The number of hydrogen-bond acceptors (Lipinski definition) is 5. The fourth-order valence-electron chi connectivity index (χ4n) is 2.28. The van der Waals surface area contributed by atoms with Crippen molar-refractivity contribution >= 4 is 23.0 Å². The van der Waals surface area contributed by atoms with Crippen molar-refractivity contribution in [3.05, 3.63) is 23.8 Å². The lowest BCUT2D eigenvalue weighted by molar-refractivity contribution is 0.0827. The maximum atomic E-state index is 12.0. The average molecular weight is 348 g/mol. The molecule has 9 heteroatoms. The number of aromatic nitrogens is 3. The number of nitrogens with zero attached hydrogens (tertiary/aromatic N) is 4. The lowest BCUT2D eigenvalue weighted by Crippen LogP contribution is -2.38. The first-order valence-electron chi connectivity index (χ1n) is 8.08. The normalized spacial score (nSPS) is 10.7. The van der Waals surface area contributed by atoms with E-state index in [1.165, 1.54) is 4.90 Å². The van der Waals surface area contributed by atoms with Crippen LogP contribution in [0.15, 0.2) is 18.2 Å². The summed E-state index contributed by atoms with van der Waals surface area (Å²) in [7, 11) is 5.03. The SMILES string of the molecule is COCCCNC(=O)NCCn1nnc2cc(C(=O)N(C)C)ccc21. The molecule has 25 heavy (non-hydrogen) atoms. The molecule has 0 saturated heterocycles. The van der Waals surface area contributed by atoms with Crippen LogP contribution in [0.5, 0.6) is 0 Å². The van der Waals surface area contributed by atoms with Crippen molar-refractivity contribution in [2.24, 2.45) is 0 Å². The van der Waals surface area contributed by atoms with Crippen molar-refractivity contribution < 1.29 is 14.3 Å². The van der Waals surface area contributed by atoms with Gasteiger partial charge in [-0.05, 0) is 24.6 Å². The molecule has 2 rings (SSSR count). The molecule has 0 saturated carbocycles. The standard InChI is InChI=1S/C16H24N6O3/c1-21(2)15(23)12-5-6-14-13(11-12)19-20-22(14)9-8-18-16(24)17-7-4-10-25-3/h5-6,11H,4,7-10H2,1-3H3,(H2,17,18,24). The van der Waals surface area contributed by atoms with Gasteiger partial charge in [0.05, 0.1) is 12.1 Å². The quantitative estimate of drug-likeness (QED) is 0.675. The van der Waals surface area contributed by atoms with Crippen LogP contribution in [-0.2, 0) is 11.3 Å². The van der Waals surface area contributed by atoms with Gasteiger partial charge in [0.1, 0.15) is 5.52 Å². The van der Waals surface area contributed by atoms with E-state index in [0.29, 0.717) is 37.3 Å². The van der Waals surface area contributed by atoms with Crippen LogP contribution in [0.4, 0.5) is 4.79 Å². The maximum absolute atomic E-state index is 12.0. The Hall–Kier alpha value is -2.68. The molecular formula is C16H24N6O3. The molecule has 0 aliphatic carbocycles. The van der Waals surface area contributed by atoms with Gasteiger partial charge in [0.15, 0.2) is 0 Å². The molecule has 2 N–H and O–H groups in total. The highest BCUT2D eigenvalue weighted by molar-refractivity contribution is 5.97. The number of amides is 3. The van der Waals surface area contributed by atoms with Crippen LogP contribution in [-0.4, -0.2) is 72.7 Å². The lowest BCUT2D eigenvalue weighted by atomic mass is 10.2. The first-order valence-corrected chi connectivity index (χ1v) is 8.08. The Bertz CT molecular complexity index is 728. The Labute approximate surface area is 146 Å². The number of carbonyl (C=O) groups is 2. The molecule has 3 amide bonds. The largest absolute Gasteiger partial charge is 0.385 e. The van der Waals surface area contributed by atoms with Gasteiger partial charge in [0.2, 0.25) is 0 Å². The Morgan fingerprint density at radius 3 is 2.72 bits per heavy atom. The zero-order valence-electron chi connectivity index (χ0n) is 14.8. The Kier molecular flexibility index (Phi) is 6.70. The van der Waals surface area contributed by atoms with Crippen LogP contribution in [0.2, 0.25) is 0 Å². The van der Waals surface area contributed by atoms with E-state index < -0.39 is 0 Å². The van der Waals surface area contributed by atoms with Crippen molar-refractivity contribution in [3.63, 3.8) is 0 Å². The number of carbonyl (C=O) groups excluding carboxylic acids is 2. The van der Waals surface area contributed by atoms with Crippen LogP contribution >= 0.6 is 0 Å². The van der Waals surface area contributed by atoms with Crippen molar-refractivity contribution in [1.29, 1.82) is 0 Å². The van der Waals surface area contributed by atoms with Gasteiger partial charge in [-0.25, -0.2) is 9.48 Å². The fourth-order valence-corrected chi connectivity index (χ4v) is 2.28. The molecule has 0 atom stereocenters. The summed E-state index contributed by atoms with van der Waals surface area (Å²) in [6, 6.07) is 5.06. The van der Waals surface area contributed by atoms with Crippen LogP contribution < -0.4 is 10.6 Å². The molecule has 0 spiro atoms. The van der Waals surface area contributed by atoms with Crippen molar-refractivity contribution in [1.82, 2.24) is 30.5 Å². The first kappa shape index (κ1) is 18.7. The summed E-state index contributed by atoms with van der Waals surface area (Å²) in [6.45, 7) is 2.09. The molecule has 0 fully saturated rings. The number of methoxy groups -OCH3 is 1. The lowest BCUT2D eigenvalue weighted by Gasteiger charge is -2.10. The molecule has 1 aromatic carbocycles. The van der Waals surface area contributed by atoms with E-state index in [-0.39, 0.29) is 11.9 Å². The van der Waals surface area contributed by atoms with Crippen molar-refractivity contribution in [3.8, 4) is 0 Å². The van der Waals surface area contributed by atoms with E-state index in [9.17, 15) is 9.59 Å². The first-order chi connectivity index (χ1) is 12.0. The minimum absolute atomic E-state index is 0.0803. The summed E-state index contributed by atoms with van der Waals surface area (Å²) in [5.74, 6) is -0.0803. The highest BCUT2D eigenvalue weighted by Crippen LogP contribution is 2.14. The third kappa shape index (κ3) is 5.15. The van der Waals surface area contributed by atoms with Gasteiger partial charge >= 0.3 is 6.03 Å². The zero-order chi connectivity index (χ0) is 18.2. The summed E-state index contributed by atoms with van der Waals surface area (Å²) in [5.41, 5.74) is 2.03. The van der Waals surface area contributed by atoms with E-state index in [0.717, 1.165) is 11.9 Å². The summed E-state index contributed by atoms with van der Waals surface area (Å²) < 4.78 is 6.62. The predicted octanol–water partition coefficient (Wildman–Crippen LogP) is 0.469. The van der Waals surface area contributed by atoms with Crippen LogP contribution in [0.1, 0.15) is 16.8 Å². The third-order valence-corrected chi connectivity index (χ3v) is 3.59. The molecule has 1 heterocycles. The fraction of sp³-hybridized carbons (Fsp3) is 0.500. The average Bonchev–Trinajstić information content (AvgIpc) is 3.00. The van der Waals surface area contributed by atoms with E-state index >= 15 is 0 Å². The van der Waals surface area contributed by atoms with Crippen molar-refractivity contribution in [2.45, 2.75) is 13.0 Å². The molecular weight excluding hydrogens is 324 g/mol. The second kappa shape index (κ2) is 8.97. The summed E-state index contributed by atoms with van der Waals surface area (Å²) in [5, 5.41) is 13.7. The Balaban J connectivity index is 1.87. The smallest absolute Gasteiger partial charge is 0.314 e. The van der Waals surface area contributed by atoms with Gasteiger partial charge in [-0.15, -0.1) is 5.10 Å². The maximum Gasteiger partial charge on any atom is 0.314 e. The van der Waals surface area contributed by atoms with Gasteiger partial charge in [-0.2, -0.15) is 0 Å². The van der Waals surface area contributed by atoms with E-state index in [4.69, 9.17) is 4.74 Å². The van der Waals surface area contributed by atoms with Gasteiger partial charge in [0.25, 0.3) is 5.91 Å². The molecule has 0 aliphatic heterocycles. The minimum Gasteiger partial charge on any atom is -0.385 e. The van der Waals surface area contributed by atoms with Gasteiger partial charge in [-0.3, -0.25) is 4.79 Å². The number of urea groups is 1. The Morgan fingerprint density at radius 1 is 1.24 bits per heavy atom. The van der Waals surface area contributed by atoms with Crippen LogP contribution in [0.25, 0.3) is 11.0 Å². The predicted molar refractivity (Wildman–Crippen MR) is 93.4 cm³/mol. The number of ether oxygens (including phenoxy) is 1. The highest BCUT2D eigenvalue weighted by Gasteiger charge is 2.11. The molecule has 2 aromatic rings. The van der Waals surface area contributed by atoms with Gasteiger partial charge in [-0.1, -0.05) is 5.21 Å². The molecule has 0 aliphatic rings. The highest BCUT2D eigenvalue weighted by atomic mass is 16.5. The number of hydrogen-bond donors (Lipinski definition) is 2. The minimum atomic E-state index is -0.223. The molecule has 0 radical (unpaired) electrons. The molecule has 9 nitrogen and oxygen atoms in total. The Morgan fingerprint density at radius 2 is 2.00 bits per heavy atom. The number of nitrogens with one attached hydrogen (secondary N) is 2. The van der Waals surface area contributed by atoms with Gasteiger partial charge in [0, 0.05) is 46.5 Å². The second-order valence-corrected chi connectivity index (χ2v) is 5.74. The summed E-state index contributed by atoms with van der Waals surface area (Å²) >= 11 is 0. The molecule has 1 aromatic heterocycles. The van der Waals surface area contributed by atoms with Crippen LogP contribution in [0.3, 0.4) is 0 Å². The topological polar surface area (TPSA) is 101 Å². The summed E-state index contributed by atoms with van der Waals surface area (Å²) in [4.78, 5) is 25.1.